The van der Waals surface area contributed by atoms with Crippen LogP contribution in [0, 0.1) is 0 Å². The summed E-state index contributed by atoms with van der Waals surface area (Å²) in [7, 11) is 0. The predicted molar refractivity (Wildman–Crippen MR) is 104 cm³/mol. The van der Waals surface area contributed by atoms with Gasteiger partial charge >= 0.3 is 0 Å². The summed E-state index contributed by atoms with van der Waals surface area (Å²) in [6, 6.07) is 0. The average Bonchev–Trinajstić information content (AvgIpc) is 2.57. The lowest BCUT2D eigenvalue weighted by atomic mass is 10.1. The van der Waals surface area contributed by atoms with Crippen LogP contribution in [0.3, 0.4) is 0 Å². The van der Waals surface area contributed by atoms with Gasteiger partial charge in [0.05, 0.1) is 0 Å². The Bertz CT molecular complexity index is 347. The third kappa shape index (κ3) is 20.6. The number of hydrogen-bond acceptors (Lipinski definition) is 1. The molecule has 0 fully saturated rings. The lowest BCUT2D eigenvalue weighted by Gasteiger charge is -2.01. The van der Waals surface area contributed by atoms with Crippen LogP contribution in [0.2, 0.25) is 0 Å². The molecule has 0 aromatic carbocycles. The van der Waals surface area contributed by atoms with Crippen molar-refractivity contribution in [3.05, 3.63) is 48.6 Å². The minimum absolute atomic E-state index is 0.779. The molecule has 0 aliphatic rings. The Morgan fingerprint density at radius 2 is 0.957 bits per heavy atom. The molecule has 0 aromatic heterocycles. The van der Waals surface area contributed by atoms with E-state index >= 15 is 0 Å². The van der Waals surface area contributed by atoms with Gasteiger partial charge in [-0.2, -0.15) is 0 Å². The van der Waals surface area contributed by atoms with Crippen LogP contribution in [0.25, 0.3) is 0 Å². The van der Waals surface area contributed by atoms with E-state index in [1.54, 1.807) is 6.08 Å². The number of hydrogen-bond donors (Lipinski definition) is 0. The van der Waals surface area contributed by atoms with Crippen LogP contribution in [0.4, 0.5) is 0 Å². The summed E-state index contributed by atoms with van der Waals surface area (Å²) in [5.74, 6) is 0. The first-order valence-corrected chi connectivity index (χ1v) is 9.52. The van der Waals surface area contributed by atoms with Crippen molar-refractivity contribution in [3.8, 4) is 0 Å². The summed E-state index contributed by atoms with van der Waals surface area (Å²) >= 11 is 0. The van der Waals surface area contributed by atoms with Crippen LogP contribution in [0.15, 0.2) is 48.6 Å². The number of carbonyl (C=O) groups excluding carboxylic acids is 1. The van der Waals surface area contributed by atoms with Crippen molar-refractivity contribution in [1.82, 2.24) is 0 Å². The third-order valence-corrected chi connectivity index (χ3v) is 3.86. The fourth-order valence-corrected chi connectivity index (χ4v) is 2.47. The second kappa shape index (κ2) is 20.6. The molecule has 0 bridgehead atoms. The quantitative estimate of drug-likeness (QED) is 0.128. The number of rotatable bonds is 16. The molecule has 130 valence electrons. The van der Waals surface area contributed by atoms with Gasteiger partial charge in [0.25, 0.3) is 0 Å². The number of carbonyl (C=O) groups is 1. The van der Waals surface area contributed by atoms with Crippen LogP contribution >= 0.6 is 0 Å². The lowest BCUT2D eigenvalue weighted by molar-refractivity contribution is -0.104. The van der Waals surface area contributed by atoms with Crippen molar-refractivity contribution in [3.63, 3.8) is 0 Å². The Hall–Kier alpha value is -1.37. The Morgan fingerprint density at radius 1 is 0.522 bits per heavy atom. The molecule has 23 heavy (non-hydrogen) atoms. The molecule has 1 nitrogen and oxygen atoms in total. The van der Waals surface area contributed by atoms with Gasteiger partial charge in [-0.25, -0.2) is 0 Å². The first-order valence-electron chi connectivity index (χ1n) is 9.52. The van der Waals surface area contributed by atoms with Gasteiger partial charge in [0.2, 0.25) is 0 Å². The summed E-state index contributed by atoms with van der Waals surface area (Å²) in [5, 5.41) is 0. The van der Waals surface area contributed by atoms with Gasteiger partial charge in [-0.3, -0.25) is 4.79 Å². The smallest absolute Gasteiger partial charge is 0.142 e. The normalized spacial score (nSPS) is 12.4. The van der Waals surface area contributed by atoms with Crippen molar-refractivity contribution < 1.29 is 4.79 Å². The van der Waals surface area contributed by atoms with E-state index in [0.717, 1.165) is 6.29 Å². The van der Waals surface area contributed by atoms with E-state index in [9.17, 15) is 4.79 Å². The second-order valence-electron chi connectivity index (χ2n) is 6.04. The Morgan fingerprint density at radius 3 is 1.48 bits per heavy atom. The standard InChI is InChI=1S/C22H36O/c1-2-3-4-5-6-7-8-9-10-11-12-13-14-15-16-17-18-19-20-21-22-23/h14-22H,2-13H2,1H3. The molecule has 0 atom stereocenters. The topological polar surface area (TPSA) is 17.1 Å². The molecule has 0 radical (unpaired) electrons. The van der Waals surface area contributed by atoms with E-state index in [1.165, 1.54) is 83.1 Å². The SMILES string of the molecule is CCCCCCCCCCCCCC=CC=CC=CC=CC=O. The Labute approximate surface area is 144 Å². The molecule has 0 heterocycles. The molecule has 0 amide bonds. The van der Waals surface area contributed by atoms with Gasteiger partial charge in [-0.15, -0.1) is 0 Å². The lowest BCUT2D eigenvalue weighted by Crippen LogP contribution is -1.81. The molecule has 0 aliphatic heterocycles. The van der Waals surface area contributed by atoms with Crippen molar-refractivity contribution in [2.24, 2.45) is 0 Å². The first kappa shape index (κ1) is 21.6. The maximum absolute atomic E-state index is 10.0. The summed E-state index contributed by atoms with van der Waals surface area (Å²) in [6.45, 7) is 2.28. The molecule has 0 aromatic rings. The van der Waals surface area contributed by atoms with Crippen LogP contribution in [0.5, 0.6) is 0 Å². The van der Waals surface area contributed by atoms with Gasteiger partial charge in [0, 0.05) is 0 Å². The first-order chi connectivity index (χ1) is 11.4. The van der Waals surface area contributed by atoms with E-state index < -0.39 is 0 Å². The minimum Gasteiger partial charge on any atom is -0.299 e. The average molecular weight is 317 g/mol. The number of unbranched alkanes of at least 4 members (excludes halogenated alkanes) is 11. The molecule has 0 rings (SSSR count). The van der Waals surface area contributed by atoms with Gasteiger partial charge in [0.1, 0.15) is 6.29 Å². The molecule has 0 saturated heterocycles. The van der Waals surface area contributed by atoms with Crippen molar-refractivity contribution in [2.45, 2.75) is 84.0 Å². The van der Waals surface area contributed by atoms with Crippen LogP contribution in [-0.2, 0) is 4.79 Å². The zero-order valence-electron chi connectivity index (χ0n) is 15.1. The Balaban J connectivity index is 3.24. The molecule has 1 heteroatoms. The highest BCUT2D eigenvalue weighted by Gasteiger charge is 1.92. The van der Waals surface area contributed by atoms with Gasteiger partial charge < -0.3 is 0 Å². The molecule has 0 spiro atoms. The summed E-state index contributed by atoms with van der Waals surface area (Å²) < 4.78 is 0. The number of aldehydes is 1. The maximum atomic E-state index is 10.0. The monoisotopic (exact) mass is 316 g/mol. The summed E-state index contributed by atoms with van der Waals surface area (Å²) in [4.78, 5) is 10.0. The largest absolute Gasteiger partial charge is 0.299 e. The highest BCUT2D eigenvalue weighted by Crippen LogP contribution is 2.11. The van der Waals surface area contributed by atoms with E-state index in [2.05, 4.69) is 19.1 Å². The Kier molecular flexibility index (Phi) is 19.4. The highest BCUT2D eigenvalue weighted by atomic mass is 16.1. The fourth-order valence-electron chi connectivity index (χ4n) is 2.47. The molecule has 0 N–H and O–H groups in total. The second-order valence-corrected chi connectivity index (χ2v) is 6.04. The van der Waals surface area contributed by atoms with Crippen LogP contribution < -0.4 is 0 Å². The predicted octanol–water partition coefficient (Wildman–Crippen LogP) is 7.11. The van der Waals surface area contributed by atoms with Crippen molar-refractivity contribution >= 4 is 6.29 Å². The molecule has 0 aliphatic carbocycles. The van der Waals surface area contributed by atoms with Crippen LogP contribution in [0.1, 0.15) is 84.0 Å². The zero-order valence-corrected chi connectivity index (χ0v) is 15.1. The third-order valence-electron chi connectivity index (χ3n) is 3.86. The van der Waals surface area contributed by atoms with Gasteiger partial charge in [-0.05, 0) is 18.9 Å². The molecule has 0 saturated carbocycles. The minimum atomic E-state index is 0.779. The zero-order chi connectivity index (χ0) is 16.8. The van der Waals surface area contributed by atoms with Crippen molar-refractivity contribution in [1.29, 1.82) is 0 Å². The summed E-state index contributed by atoms with van der Waals surface area (Å²) in [6.07, 6.45) is 32.7. The van der Waals surface area contributed by atoms with Crippen LogP contribution in [-0.4, -0.2) is 6.29 Å². The molecular weight excluding hydrogens is 280 g/mol. The van der Waals surface area contributed by atoms with E-state index in [1.807, 2.05) is 24.3 Å². The van der Waals surface area contributed by atoms with E-state index in [-0.39, 0.29) is 0 Å². The number of allylic oxidation sites excluding steroid dienone is 8. The van der Waals surface area contributed by atoms with E-state index in [4.69, 9.17) is 0 Å². The maximum Gasteiger partial charge on any atom is 0.142 e. The highest BCUT2D eigenvalue weighted by molar-refractivity contribution is 5.65. The van der Waals surface area contributed by atoms with Gasteiger partial charge in [-0.1, -0.05) is 114 Å². The molecular formula is C22H36O. The van der Waals surface area contributed by atoms with Crippen molar-refractivity contribution in [2.75, 3.05) is 0 Å². The van der Waals surface area contributed by atoms with Gasteiger partial charge in [0.15, 0.2) is 0 Å². The van der Waals surface area contributed by atoms with E-state index in [0.29, 0.717) is 0 Å². The molecule has 0 unspecified atom stereocenters. The fraction of sp³-hybridized carbons (Fsp3) is 0.591. The summed E-state index contributed by atoms with van der Waals surface area (Å²) in [5.41, 5.74) is 0.